The zero-order valence-corrected chi connectivity index (χ0v) is 29.9. The van der Waals surface area contributed by atoms with E-state index in [1.54, 1.807) is 0 Å². The van der Waals surface area contributed by atoms with Crippen molar-refractivity contribution in [2.24, 2.45) is 4.99 Å². The summed E-state index contributed by atoms with van der Waals surface area (Å²) in [5.41, 5.74) is 10.1. The number of rotatable bonds is 5. The van der Waals surface area contributed by atoms with Gasteiger partial charge in [-0.1, -0.05) is 115 Å². The van der Waals surface area contributed by atoms with Crippen LogP contribution in [-0.4, -0.2) is 10.4 Å². The number of allylic oxidation sites excluding steroid dienone is 4. The Labute approximate surface area is 318 Å². The van der Waals surface area contributed by atoms with Crippen molar-refractivity contribution >= 4 is 38.4 Å². The van der Waals surface area contributed by atoms with Gasteiger partial charge in [0.25, 0.3) is 0 Å². The third kappa shape index (κ3) is 5.52. The number of aliphatic imine (C=N–C) groups is 1. The van der Waals surface area contributed by atoms with Gasteiger partial charge in [-0.25, -0.2) is 4.99 Å². The molecule has 5 nitrogen and oxygen atoms in total. The highest BCUT2D eigenvalue weighted by Gasteiger charge is 2.24. The van der Waals surface area contributed by atoms with Crippen LogP contribution in [0.5, 0.6) is 23.0 Å². The second-order valence-electron chi connectivity index (χ2n) is 14.4. The third-order valence-electron chi connectivity index (χ3n) is 10.9. The van der Waals surface area contributed by atoms with E-state index in [0.717, 1.165) is 80.4 Å². The maximum Gasteiger partial charge on any atom is 0.172 e. The molecule has 262 valence electrons. The first kappa shape index (κ1) is 31.4. The van der Waals surface area contributed by atoms with E-state index in [1.165, 1.54) is 27.3 Å². The summed E-state index contributed by atoms with van der Waals surface area (Å²) < 4.78 is 15.1. The van der Waals surface area contributed by atoms with Gasteiger partial charge in [-0.05, 0) is 100 Å². The molecule has 11 rings (SSSR count). The standard InChI is InChI=1S/C50H35N3O2/c1-3-12-33(13-4-1)42-30-43(34-14-5-2-6-15-34)52-50(51-42)38-19-11-18-35(26-38)32-22-24-39(25-23-32)53-44-28-37-17-8-7-16-36(37)27-40(44)41-29-48-49(31-45(41)53)55-47-21-10-9-20-46(47)54-48/h1-5,7-14,16-31,42H,6,15H2,(H,51,52). The van der Waals surface area contributed by atoms with Crippen molar-refractivity contribution in [1.82, 2.24) is 9.88 Å². The van der Waals surface area contributed by atoms with Crippen molar-refractivity contribution in [2.75, 3.05) is 0 Å². The van der Waals surface area contributed by atoms with Crippen LogP contribution in [0.25, 0.3) is 49.4 Å². The number of fused-ring (bicyclic) bond motifs is 6. The minimum atomic E-state index is 0.0269. The fourth-order valence-electron chi connectivity index (χ4n) is 8.17. The Morgan fingerprint density at radius 1 is 0.582 bits per heavy atom. The molecule has 1 aliphatic carbocycles. The van der Waals surface area contributed by atoms with Crippen LogP contribution in [0.2, 0.25) is 0 Å². The number of amidine groups is 1. The molecule has 5 heteroatoms. The van der Waals surface area contributed by atoms with E-state index >= 15 is 0 Å². The molecule has 2 aliphatic heterocycles. The maximum absolute atomic E-state index is 6.40. The molecule has 1 aromatic heterocycles. The van der Waals surface area contributed by atoms with Gasteiger partial charge < -0.3 is 19.4 Å². The summed E-state index contributed by atoms with van der Waals surface area (Å²) in [5.74, 6) is 3.75. The molecule has 7 aromatic carbocycles. The lowest BCUT2D eigenvalue weighted by Crippen LogP contribution is -2.31. The fraction of sp³-hybridized carbons (Fsp3) is 0.0600. The molecule has 0 spiro atoms. The molecule has 0 saturated carbocycles. The molecule has 8 aromatic rings. The summed E-state index contributed by atoms with van der Waals surface area (Å²) in [6.45, 7) is 0. The van der Waals surface area contributed by atoms with E-state index in [4.69, 9.17) is 14.5 Å². The van der Waals surface area contributed by atoms with Gasteiger partial charge in [-0.3, -0.25) is 0 Å². The number of hydrogen-bond acceptors (Lipinski definition) is 4. The minimum absolute atomic E-state index is 0.0269. The lowest BCUT2D eigenvalue weighted by atomic mass is 9.96. The molecule has 3 heterocycles. The van der Waals surface area contributed by atoms with Gasteiger partial charge in [0.15, 0.2) is 23.0 Å². The lowest BCUT2D eigenvalue weighted by Gasteiger charge is -2.26. The van der Waals surface area contributed by atoms with Gasteiger partial charge in [0, 0.05) is 28.1 Å². The maximum atomic E-state index is 6.40. The predicted octanol–water partition coefficient (Wildman–Crippen LogP) is 12.8. The molecule has 1 N–H and O–H groups in total. The predicted molar refractivity (Wildman–Crippen MR) is 224 cm³/mol. The molecule has 1 atom stereocenters. The topological polar surface area (TPSA) is 47.8 Å². The molecular weight excluding hydrogens is 675 g/mol. The number of nitrogens with zero attached hydrogens (tertiary/aromatic N) is 2. The normalized spacial score (nSPS) is 16.0. The molecule has 0 amide bonds. The van der Waals surface area contributed by atoms with Crippen molar-refractivity contribution in [3.05, 3.63) is 198 Å². The van der Waals surface area contributed by atoms with Crippen molar-refractivity contribution in [1.29, 1.82) is 0 Å². The highest BCUT2D eigenvalue weighted by Crippen LogP contribution is 2.48. The summed E-state index contributed by atoms with van der Waals surface area (Å²) in [4.78, 5) is 5.20. The van der Waals surface area contributed by atoms with Crippen LogP contribution >= 0.6 is 0 Å². The van der Waals surface area contributed by atoms with Crippen LogP contribution in [0.3, 0.4) is 0 Å². The molecular formula is C50H35N3O2. The quantitative estimate of drug-likeness (QED) is 0.194. The third-order valence-corrected chi connectivity index (χ3v) is 10.9. The average Bonchev–Trinajstić information content (AvgIpc) is 3.56. The highest BCUT2D eigenvalue weighted by molar-refractivity contribution is 6.14. The first-order chi connectivity index (χ1) is 27.2. The molecule has 0 bridgehead atoms. The molecule has 55 heavy (non-hydrogen) atoms. The largest absolute Gasteiger partial charge is 0.449 e. The fourth-order valence-corrected chi connectivity index (χ4v) is 8.17. The van der Waals surface area contributed by atoms with Gasteiger partial charge in [-0.15, -0.1) is 0 Å². The first-order valence-electron chi connectivity index (χ1n) is 18.9. The van der Waals surface area contributed by atoms with E-state index in [-0.39, 0.29) is 6.04 Å². The van der Waals surface area contributed by atoms with E-state index in [2.05, 4.69) is 162 Å². The van der Waals surface area contributed by atoms with E-state index < -0.39 is 0 Å². The summed E-state index contributed by atoms with van der Waals surface area (Å²) in [6, 6.07) is 53.4. The summed E-state index contributed by atoms with van der Waals surface area (Å²) in [6.07, 6.45) is 10.9. The number of ether oxygens (including phenoxy) is 2. The van der Waals surface area contributed by atoms with Crippen molar-refractivity contribution in [3.8, 4) is 39.8 Å². The number of nitrogens with one attached hydrogen (secondary N) is 1. The van der Waals surface area contributed by atoms with Crippen LogP contribution in [0, 0.1) is 0 Å². The summed E-state index contributed by atoms with van der Waals surface area (Å²) in [5, 5.41) is 8.41. The second kappa shape index (κ2) is 12.8. The van der Waals surface area contributed by atoms with Crippen molar-refractivity contribution in [3.63, 3.8) is 0 Å². The Morgan fingerprint density at radius 2 is 1.27 bits per heavy atom. The number of hydrogen-bond donors (Lipinski definition) is 1. The second-order valence-corrected chi connectivity index (χ2v) is 14.4. The summed E-state index contributed by atoms with van der Waals surface area (Å²) in [7, 11) is 0. The SMILES string of the molecule is C1=CCCC(C2=CC(c3ccccc3)NC(c3cccc(-c4ccc(-n5c6cc7c(cc6c6cc8ccccc8cc65)Oc5ccccc5O7)cc4)c3)=N2)=C1. The lowest BCUT2D eigenvalue weighted by molar-refractivity contribution is 0.360. The molecule has 0 radical (unpaired) electrons. The zero-order valence-electron chi connectivity index (χ0n) is 29.9. The Hall–Kier alpha value is -7.11. The number of aromatic nitrogens is 1. The first-order valence-corrected chi connectivity index (χ1v) is 18.9. The van der Waals surface area contributed by atoms with Gasteiger partial charge in [-0.2, -0.15) is 0 Å². The van der Waals surface area contributed by atoms with Gasteiger partial charge >= 0.3 is 0 Å². The molecule has 1 unspecified atom stereocenters. The molecule has 0 saturated heterocycles. The van der Waals surface area contributed by atoms with Gasteiger partial charge in [0.05, 0.1) is 22.8 Å². The van der Waals surface area contributed by atoms with Crippen molar-refractivity contribution < 1.29 is 9.47 Å². The van der Waals surface area contributed by atoms with E-state index in [0.29, 0.717) is 5.75 Å². The van der Waals surface area contributed by atoms with Crippen LogP contribution in [0.15, 0.2) is 192 Å². The molecule has 3 aliphatic rings. The number of para-hydroxylation sites is 2. The van der Waals surface area contributed by atoms with Gasteiger partial charge in [0.1, 0.15) is 5.84 Å². The summed E-state index contributed by atoms with van der Waals surface area (Å²) >= 11 is 0. The van der Waals surface area contributed by atoms with E-state index in [9.17, 15) is 0 Å². The van der Waals surface area contributed by atoms with Crippen LogP contribution in [0.4, 0.5) is 0 Å². The average molecular weight is 710 g/mol. The Bertz CT molecular complexity index is 2950. The number of benzene rings is 7. The van der Waals surface area contributed by atoms with Crippen LogP contribution < -0.4 is 14.8 Å². The van der Waals surface area contributed by atoms with Crippen LogP contribution in [0.1, 0.15) is 30.0 Å². The Morgan fingerprint density at radius 3 is 2.05 bits per heavy atom. The highest BCUT2D eigenvalue weighted by atomic mass is 16.6. The zero-order chi connectivity index (χ0) is 36.3. The Kier molecular flexibility index (Phi) is 7.30. The monoisotopic (exact) mass is 709 g/mol. The van der Waals surface area contributed by atoms with Gasteiger partial charge in [0.2, 0.25) is 0 Å². The van der Waals surface area contributed by atoms with Crippen LogP contribution in [-0.2, 0) is 0 Å². The van der Waals surface area contributed by atoms with Crippen molar-refractivity contribution in [2.45, 2.75) is 18.9 Å². The Balaban J connectivity index is 0.987. The van der Waals surface area contributed by atoms with E-state index in [1.807, 2.05) is 24.3 Å². The molecule has 0 fully saturated rings. The smallest absolute Gasteiger partial charge is 0.172 e. The minimum Gasteiger partial charge on any atom is -0.449 e.